The summed E-state index contributed by atoms with van der Waals surface area (Å²) in [5.41, 5.74) is 4.75. The average molecular weight is 868 g/mol. The first kappa shape index (κ1) is 44.7. The Bertz CT molecular complexity index is 2290. The Labute approximate surface area is 371 Å². The highest BCUT2D eigenvalue weighted by Gasteiger charge is 2.40. The van der Waals surface area contributed by atoms with Crippen LogP contribution < -0.4 is 15.5 Å². The second kappa shape index (κ2) is 20.7. The summed E-state index contributed by atoms with van der Waals surface area (Å²) in [5.74, 6) is -3.14. The van der Waals surface area contributed by atoms with Gasteiger partial charge in [-0.25, -0.2) is 4.39 Å². The smallest absolute Gasteiger partial charge is 0.303 e. The van der Waals surface area contributed by atoms with Gasteiger partial charge in [-0.15, -0.1) is 0 Å². The van der Waals surface area contributed by atoms with Crippen LogP contribution in [0.1, 0.15) is 74.0 Å². The van der Waals surface area contributed by atoms with Crippen molar-refractivity contribution in [3.8, 4) is 0 Å². The summed E-state index contributed by atoms with van der Waals surface area (Å²) in [5, 5.41) is 5.89. The third-order valence-corrected chi connectivity index (χ3v) is 11.3. The van der Waals surface area contributed by atoms with E-state index in [2.05, 4.69) is 15.5 Å². The number of carbonyl (C=O) groups is 6. The minimum absolute atomic E-state index is 0.342. The van der Waals surface area contributed by atoms with Crippen molar-refractivity contribution in [2.45, 2.75) is 76.9 Å². The molecule has 330 valence electrons. The van der Waals surface area contributed by atoms with Gasteiger partial charge < -0.3 is 34.8 Å². The molecule has 7 rings (SSSR count). The number of anilines is 3. The van der Waals surface area contributed by atoms with Gasteiger partial charge in [0.1, 0.15) is 17.9 Å². The average Bonchev–Trinajstić information content (AvgIpc) is 4.01. The Morgan fingerprint density at radius 2 is 0.969 bits per heavy atom. The normalized spacial score (nSPS) is 16.6. The fourth-order valence-electron chi connectivity index (χ4n) is 8.19. The van der Waals surface area contributed by atoms with Crippen LogP contribution in [0.25, 0.3) is 0 Å². The maximum absolute atomic E-state index is 14.0. The standard InChI is InChI=1S/C50H50FN5O8/c1-33(57)63-45(37-11-5-3-6-12-37)49(61)55-29-9-15-43(55)47(59)52-40-23-17-35(18-24-40)31-54(42-27-21-39(51)22-28-42)32-36-19-25-41(26-20-36)53-48(60)44-16-10-30-56(44)50(62)46(64-34(2)58)38-13-7-4-8-14-38/h3-8,11-14,17-28,43-46H,9-10,15-16,29-32H2,1-2H3,(H,52,59)(H,53,60)/t43-,44-,45+,46+/m0/s1. The van der Waals surface area contributed by atoms with E-state index in [1.54, 1.807) is 97.1 Å². The first-order chi connectivity index (χ1) is 30.9. The molecule has 2 heterocycles. The van der Waals surface area contributed by atoms with E-state index in [4.69, 9.17) is 9.47 Å². The summed E-state index contributed by atoms with van der Waals surface area (Å²) in [4.78, 5) is 83.4. The molecular weight excluding hydrogens is 818 g/mol. The van der Waals surface area contributed by atoms with Crippen molar-refractivity contribution in [3.05, 3.63) is 162 Å². The molecule has 64 heavy (non-hydrogen) atoms. The van der Waals surface area contributed by atoms with Crippen LogP contribution in [0, 0.1) is 5.82 Å². The first-order valence-corrected chi connectivity index (χ1v) is 21.3. The minimum Gasteiger partial charge on any atom is -0.447 e. The fourth-order valence-corrected chi connectivity index (χ4v) is 8.19. The molecule has 0 aromatic heterocycles. The molecule has 0 unspecified atom stereocenters. The number of benzene rings is 5. The van der Waals surface area contributed by atoms with E-state index in [0.29, 0.717) is 74.4 Å². The van der Waals surface area contributed by atoms with Crippen LogP contribution in [0.5, 0.6) is 0 Å². The third kappa shape index (κ3) is 11.2. The van der Waals surface area contributed by atoms with Gasteiger partial charge in [-0.2, -0.15) is 0 Å². The van der Waals surface area contributed by atoms with Crippen LogP contribution in [-0.2, 0) is 51.3 Å². The van der Waals surface area contributed by atoms with Crippen molar-refractivity contribution < 1.29 is 42.6 Å². The summed E-state index contributed by atoms with van der Waals surface area (Å²) in [6.45, 7) is 4.07. The van der Waals surface area contributed by atoms with Gasteiger partial charge in [0.25, 0.3) is 11.8 Å². The maximum atomic E-state index is 14.0. The number of nitrogens with one attached hydrogen (secondary N) is 2. The summed E-state index contributed by atoms with van der Waals surface area (Å²) < 4.78 is 24.9. The number of hydrogen-bond acceptors (Lipinski definition) is 9. The van der Waals surface area contributed by atoms with Crippen molar-refractivity contribution in [1.29, 1.82) is 0 Å². The first-order valence-electron chi connectivity index (χ1n) is 21.3. The molecule has 0 spiro atoms. The summed E-state index contributed by atoms with van der Waals surface area (Å²) in [6, 6.07) is 36.9. The van der Waals surface area contributed by atoms with Gasteiger partial charge in [-0.05, 0) is 85.3 Å². The van der Waals surface area contributed by atoms with Crippen molar-refractivity contribution in [2.75, 3.05) is 28.6 Å². The minimum atomic E-state index is -1.16. The van der Waals surface area contributed by atoms with E-state index in [-0.39, 0.29) is 17.6 Å². The van der Waals surface area contributed by atoms with Crippen molar-refractivity contribution in [1.82, 2.24) is 9.80 Å². The van der Waals surface area contributed by atoms with Crippen LogP contribution in [0.3, 0.4) is 0 Å². The SMILES string of the molecule is CC(=O)O[C@@H](C(=O)N1CCC[C@H]1C(=O)Nc1ccc(CN(Cc2ccc(NC(=O)[C@@H]3CCCN3C(=O)[C@H](OC(C)=O)c3ccccc3)cc2)c2ccc(F)cc2)cc1)c1ccccc1. The zero-order chi connectivity index (χ0) is 45.2. The molecule has 5 aromatic carbocycles. The maximum Gasteiger partial charge on any atom is 0.303 e. The molecule has 2 fully saturated rings. The Balaban J connectivity index is 0.983. The van der Waals surface area contributed by atoms with Gasteiger partial charge in [0.15, 0.2) is 0 Å². The highest BCUT2D eigenvalue weighted by Crippen LogP contribution is 2.30. The molecule has 2 aliphatic heterocycles. The van der Waals surface area contributed by atoms with Gasteiger partial charge in [0.2, 0.25) is 24.0 Å². The van der Waals surface area contributed by atoms with Crippen LogP contribution >= 0.6 is 0 Å². The molecule has 4 amide bonds. The van der Waals surface area contributed by atoms with E-state index < -0.39 is 48.0 Å². The van der Waals surface area contributed by atoms with Gasteiger partial charge in [0, 0.05) is 68.2 Å². The van der Waals surface area contributed by atoms with E-state index in [1.807, 2.05) is 24.3 Å². The number of ether oxygens (including phenoxy) is 2. The van der Waals surface area contributed by atoms with Gasteiger partial charge in [0.05, 0.1) is 0 Å². The summed E-state index contributed by atoms with van der Waals surface area (Å²) in [7, 11) is 0. The van der Waals surface area contributed by atoms with Crippen molar-refractivity contribution in [2.24, 2.45) is 0 Å². The lowest BCUT2D eigenvalue weighted by Crippen LogP contribution is -2.45. The molecule has 14 heteroatoms. The molecular formula is C50H50FN5O8. The summed E-state index contributed by atoms with van der Waals surface area (Å²) in [6.07, 6.45) is -0.137. The topological polar surface area (TPSA) is 155 Å². The van der Waals surface area contributed by atoms with Gasteiger partial charge in [-0.1, -0.05) is 84.9 Å². The fraction of sp³-hybridized carbons (Fsp3) is 0.280. The molecule has 4 atom stereocenters. The molecule has 2 saturated heterocycles. The van der Waals surface area contributed by atoms with Gasteiger partial charge >= 0.3 is 11.9 Å². The Morgan fingerprint density at radius 3 is 1.34 bits per heavy atom. The predicted octanol–water partition coefficient (Wildman–Crippen LogP) is 7.50. The lowest BCUT2D eigenvalue weighted by molar-refractivity contribution is -0.160. The zero-order valence-corrected chi connectivity index (χ0v) is 35.7. The molecule has 0 aliphatic carbocycles. The Kier molecular flexibility index (Phi) is 14.4. The molecule has 2 N–H and O–H groups in total. The van der Waals surface area contributed by atoms with E-state index >= 15 is 0 Å². The van der Waals surface area contributed by atoms with E-state index in [1.165, 1.54) is 35.8 Å². The number of carbonyl (C=O) groups excluding carboxylic acids is 6. The lowest BCUT2D eigenvalue weighted by Gasteiger charge is -2.28. The quantitative estimate of drug-likeness (QED) is 0.102. The second-order valence-corrected chi connectivity index (χ2v) is 15.9. The zero-order valence-electron chi connectivity index (χ0n) is 35.7. The highest BCUT2D eigenvalue weighted by molar-refractivity contribution is 5.99. The third-order valence-electron chi connectivity index (χ3n) is 11.3. The largest absolute Gasteiger partial charge is 0.447 e. The number of nitrogens with zero attached hydrogens (tertiary/aromatic N) is 3. The Hall–Kier alpha value is -7.35. The van der Waals surface area contributed by atoms with Crippen molar-refractivity contribution >= 4 is 52.6 Å². The van der Waals surface area contributed by atoms with Crippen LogP contribution in [0.2, 0.25) is 0 Å². The lowest BCUT2D eigenvalue weighted by atomic mass is 10.1. The molecule has 0 saturated carbocycles. The van der Waals surface area contributed by atoms with Crippen LogP contribution in [0.15, 0.2) is 133 Å². The molecule has 0 bridgehead atoms. The molecule has 0 radical (unpaired) electrons. The number of hydrogen-bond donors (Lipinski definition) is 2. The monoisotopic (exact) mass is 867 g/mol. The summed E-state index contributed by atoms with van der Waals surface area (Å²) >= 11 is 0. The molecule has 2 aliphatic rings. The van der Waals surface area contributed by atoms with Crippen LogP contribution in [-0.4, -0.2) is 70.5 Å². The van der Waals surface area contributed by atoms with Gasteiger partial charge in [-0.3, -0.25) is 28.8 Å². The second-order valence-electron chi connectivity index (χ2n) is 15.9. The number of amides is 4. The van der Waals surface area contributed by atoms with E-state index in [0.717, 1.165) is 16.8 Å². The van der Waals surface area contributed by atoms with Crippen molar-refractivity contribution in [3.63, 3.8) is 0 Å². The van der Waals surface area contributed by atoms with E-state index in [9.17, 15) is 33.2 Å². The molecule has 13 nitrogen and oxygen atoms in total. The number of likely N-dealkylation sites (tertiary alicyclic amines) is 2. The highest BCUT2D eigenvalue weighted by atomic mass is 19.1. The molecule has 5 aromatic rings. The number of halogens is 1. The Morgan fingerprint density at radius 1 is 0.578 bits per heavy atom. The number of esters is 2. The van der Waals surface area contributed by atoms with Crippen LogP contribution in [0.4, 0.5) is 21.5 Å². The number of rotatable bonds is 15. The predicted molar refractivity (Wildman–Crippen MR) is 238 cm³/mol.